The van der Waals surface area contributed by atoms with Crippen LogP contribution in [0.4, 0.5) is 0 Å². The van der Waals surface area contributed by atoms with Crippen molar-refractivity contribution in [2.75, 3.05) is 13.7 Å². The zero-order valence-electron chi connectivity index (χ0n) is 21.8. The van der Waals surface area contributed by atoms with Gasteiger partial charge in [-0.1, -0.05) is 0 Å². The van der Waals surface area contributed by atoms with E-state index in [-0.39, 0.29) is 6.61 Å². The first kappa shape index (κ1) is 29.1. The third kappa shape index (κ3) is 6.82. The number of methoxy groups -OCH3 is 1. The van der Waals surface area contributed by atoms with Crippen LogP contribution in [0.2, 0.25) is 0 Å². The number of aryl methyl sites for hydroxylation is 1. The van der Waals surface area contributed by atoms with Gasteiger partial charge >= 0.3 is 229 Å². The van der Waals surface area contributed by atoms with Crippen molar-refractivity contribution in [2.45, 2.75) is 45.2 Å². The first-order valence-electron chi connectivity index (χ1n) is 12.2. The van der Waals surface area contributed by atoms with E-state index >= 15 is 0 Å². The average Bonchev–Trinajstić information content (AvgIpc) is 3.45. The number of ether oxygens (including phenoxy) is 2. The molecule has 0 amide bonds. The number of rotatable bonds is 10. The molecule has 2 aromatic heterocycles. The Balaban J connectivity index is 1.50. The van der Waals surface area contributed by atoms with Gasteiger partial charge in [0.15, 0.2) is 0 Å². The number of nitrogens with zero attached hydrogens (tertiary/aromatic N) is 1. The molecule has 0 aliphatic carbocycles. The number of aromatic nitrogens is 2. The Morgan fingerprint density at radius 3 is 2.56 bits per heavy atom. The molecule has 1 aliphatic rings. The van der Waals surface area contributed by atoms with Gasteiger partial charge in [0.25, 0.3) is 0 Å². The fourth-order valence-corrected chi connectivity index (χ4v) is 6.80. The number of H-pyrrole nitrogens is 1. The Hall–Kier alpha value is -2.90. The molecule has 1 fully saturated rings. The summed E-state index contributed by atoms with van der Waals surface area (Å²) in [6.07, 6.45) is -1.62. The van der Waals surface area contributed by atoms with Crippen LogP contribution in [-0.4, -0.2) is 57.5 Å². The summed E-state index contributed by atoms with van der Waals surface area (Å²) in [5.74, 6) is -0.891. The van der Waals surface area contributed by atoms with E-state index in [1.54, 1.807) is 30.4 Å². The second-order valence-corrected chi connectivity index (χ2v) is 12.5. The number of nitrogens with one attached hydrogen (secondary N) is 2. The van der Waals surface area contributed by atoms with Crippen molar-refractivity contribution >= 4 is 25.4 Å². The maximum absolute atomic E-state index is 12.2. The third-order valence-electron chi connectivity index (χ3n) is 6.34. The molecule has 5 atom stereocenters. The predicted octanol–water partition coefficient (Wildman–Crippen LogP) is 2.12. The van der Waals surface area contributed by atoms with Crippen LogP contribution in [0.15, 0.2) is 58.3 Å². The first-order valence-corrected chi connectivity index (χ1v) is 14.8. The van der Waals surface area contributed by atoms with Crippen molar-refractivity contribution in [3.63, 3.8) is 0 Å². The van der Waals surface area contributed by atoms with E-state index in [2.05, 4.69) is 10.1 Å². The molecule has 1 aromatic carbocycles. The Morgan fingerprint density at radius 1 is 1.23 bits per heavy atom. The number of hydrogen-bond acceptors (Lipinski definition) is 11. The number of benzene rings is 1. The number of aliphatic hydroxyl groups is 1. The molecular formula is C25H32N3O9PS. The molecule has 12 nitrogen and oxygen atoms in total. The predicted molar refractivity (Wildman–Crippen MR) is 147 cm³/mol. The number of aliphatic hydroxyl groups excluding tert-OH is 1. The van der Waals surface area contributed by atoms with Gasteiger partial charge in [-0.2, -0.15) is 0 Å². The number of carbonyl (C=O) groups excluding carboxylic acids is 1. The van der Waals surface area contributed by atoms with Crippen molar-refractivity contribution in [2.24, 2.45) is 5.92 Å². The summed E-state index contributed by atoms with van der Waals surface area (Å²) in [5, 5.41) is 13.5. The maximum atomic E-state index is 12.2. The van der Waals surface area contributed by atoms with Crippen molar-refractivity contribution in [1.29, 1.82) is 0 Å². The topological polar surface area (TPSA) is 161 Å². The SMILES string of the molecule is COC(=O)[C@H](C)N[PH](O)(OC[C@H]1O[C@@H](n2ccc(=O)[nH]c2=O)[C@@H](C)[C@@H]1O)Oc1ccc(-c2ccc(C)s2)cc1. The van der Waals surface area contributed by atoms with Crippen molar-refractivity contribution in [3.05, 3.63) is 74.4 Å². The number of hydrogen-bond donors (Lipinski definition) is 4. The summed E-state index contributed by atoms with van der Waals surface area (Å²) in [5.41, 5.74) is -0.264. The zero-order chi connectivity index (χ0) is 28.3. The zero-order valence-corrected chi connectivity index (χ0v) is 23.6. The number of aromatic amines is 1. The molecule has 0 spiro atoms. The van der Waals surface area contributed by atoms with Crippen LogP contribution in [0.5, 0.6) is 5.75 Å². The molecular weight excluding hydrogens is 549 g/mol. The van der Waals surface area contributed by atoms with E-state index in [4.69, 9.17) is 18.5 Å². The molecule has 0 saturated carbocycles. The van der Waals surface area contributed by atoms with Crippen LogP contribution in [0.1, 0.15) is 25.0 Å². The van der Waals surface area contributed by atoms with E-state index < -0.39 is 55.7 Å². The van der Waals surface area contributed by atoms with Gasteiger partial charge in [-0.15, -0.1) is 0 Å². The summed E-state index contributed by atoms with van der Waals surface area (Å²) in [6.45, 7) is 4.87. The van der Waals surface area contributed by atoms with Crippen LogP contribution < -0.4 is 20.9 Å². The van der Waals surface area contributed by atoms with Crippen LogP contribution >= 0.6 is 19.4 Å². The van der Waals surface area contributed by atoms with Crippen LogP contribution in [-0.2, 0) is 18.8 Å². The summed E-state index contributed by atoms with van der Waals surface area (Å²) >= 11 is 1.65. The molecule has 0 bridgehead atoms. The van der Waals surface area contributed by atoms with E-state index in [9.17, 15) is 24.4 Å². The van der Waals surface area contributed by atoms with Gasteiger partial charge in [-0.3, -0.25) is 0 Å². The van der Waals surface area contributed by atoms with E-state index in [1.165, 1.54) is 35.7 Å². The molecule has 0 unspecified atom stereocenters. The second-order valence-electron chi connectivity index (χ2n) is 9.25. The van der Waals surface area contributed by atoms with Crippen molar-refractivity contribution in [3.8, 4) is 16.2 Å². The van der Waals surface area contributed by atoms with Gasteiger partial charge in [0.1, 0.15) is 0 Å². The average molecular weight is 582 g/mol. The van der Waals surface area contributed by atoms with Gasteiger partial charge < -0.3 is 0 Å². The summed E-state index contributed by atoms with van der Waals surface area (Å²) in [7, 11) is -3.10. The van der Waals surface area contributed by atoms with E-state index in [1.807, 2.05) is 31.2 Å². The van der Waals surface area contributed by atoms with E-state index in [0.29, 0.717) is 5.75 Å². The minimum absolute atomic E-state index is 0.296. The Kier molecular flexibility index (Phi) is 9.02. The monoisotopic (exact) mass is 581 g/mol. The van der Waals surface area contributed by atoms with Crippen molar-refractivity contribution in [1.82, 2.24) is 14.6 Å². The molecule has 0 radical (unpaired) electrons. The number of carbonyl (C=O) groups is 1. The quantitative estimate of drug-likeness (QED) is 0.206. The van der Waals surface area contributed by atoms with Gasteiger partial charge in [0.2, 0.25) is 0 Å². The molecule has 14 heteroatoms. The molecule has 4 N–H and O–H groups in total. The van der Waals surface area contributed by atoms with Crippen LogP contribution in [0.3, 0.4) is 0 Å². The van der Waals surface area contributed by atoms with Crippen LogP contribution in [0.25, 0.3) is 10.4 Å². The molecule has 1 aliphatic heterocycles. The Labute approximate surface area is 228 Å². The van der Waals surface area contributed by atoms with Crippen molar-refractivity contribution < 1.29 is 33.3 Å². The summed E-state index contributed by atoms with van der Waals surface area (Å²) < 4.78 is 23.4. The molecule has 212 valence electrons. The molecule has 4 rings (SSSR count). The number of esters is 1. The fourth-order valence-electron chi connectivity index (χ4n) is 4.22. The van der Waals surface area contributed by atoms with Gasteiger partial charge in [-0.25, -0.2) is 0 Å². The summed E-state index contributed by atoms with van der Waals surface area (Å²) in [6, 6.07) is 11.3. The summed E-state index contributed by atoms with van der Waals surface area (Å²) in [4.78, 5) is 51.5. The Morgan fingerprint density at radius 2 is 1.95 bits per heavy atom. The molecule has 39 heavy (non-hydrogen) atoms. The standard InChI is InChI=1S/C25H32N3O9PS/c1-14-5-10-20(39-14)17-6-8-18(9-7-17)37-38(33,27-16(3)24(31)34-4)35-13-19-22(30)15(2)23(36-19)28-12-11-21(29)26-25(28)32/h5-12,15-16,19,22-23,27,30,33,38H,13H2,1-4H3,(H,26,29,32)/t15-,16-,19+,22-,23+/m0/s1. The normalized spacial score (nSPS) is 22.4. The first-order chi connectivity index (χ1) is 18.5. The fraction of sp³-hybridized carbons (Fsp3) is 0.400. The van der Waals surface area contributed by atoms with E-state index in [0.717, 1.165) is 10.4 Å². The van der Waals surface area contributed by atoms with Gasteiger partial charge in [0, 0.05) is 0 Å². The number of thiophene rings is 1. The van der Waals surface area contributed by atoms with Gasteiger partial charge in [-0.05, 0) is 0 Å². The molecule has 3 aromatic rings. The van der Waals surface area contributed by atoms with Crippen LogP contribution in [0, 0.1) is 12.8 Å². The Bertz CT molecular complexity index is 1410. The minimum atomic E-state index is -4.32. The second kappa shape index (κ2) is 12.1. The van der Waals surface area contributed by atoms with Gasteiger partial charge in [0.05, 0.1) is 0 Å². The third-order valence-corrected chi connectivity index (χ3v) is 9.26. The molecule has 1 saturated heterocycles. The molecule has 3 heterocycles.